The molecule has 1 aliphatic carbocycles. The Hall–Kier alpha value is -1.97. The lowest BCUT2D eigenvalue weighted by Crippen LogP contribution is -2.46. The van der Waals surface area contributed by atoms with E-state index < -0.39 is 11.7 Å². The lowest BCUT2D eigenvalue weighted by molar-refractivity contribution is -0.00126. The van der Waals surface area contributed by atoms with E-state index in [0.29, 0.717) is 24.9 Å². The predicted octanol–water partition coefficient (Wildman–Crippen LogP) is 3.78. The summed E-state index contributed by atoms with van der Waals surface area (Å²) >= 11 is 1.62. The van der Waals surface area contributed by atoms with E-state index in [1.54, 1.807) is 17.7 Å². The number of nitrogens with one attached hydrogen (secondary N) is 1. The van der Waals surface area contributed by atoms with Crippen LogP contribution in [0.1, 0.15) is 51.3 Å². The van der Waals surface area contributed by atoms with Gasteiger partial charge in [0.05, 0.1) is 18.6 Å². The summed E-state index contributed by atoms with van der Waals surface area (Å²) in [6.45, 7) is 9.87. The molecule has 9 heteroatoms. The van der Waals surface area contributed by atoms with Crippen LogP contribution in [-0.2, 0) is 15.9 Å². The third kappa shape index (κ3) is 6.30. The molecule has 1 saturated heterocycles. The molecule has 2 aromatic rings. The van der Waals surface area contributed by atoms with Crippen LogP contribution in [0.15, 0.2) is 12.4 Å². The monoisotopic (exact) mass is 462 g/mol. The third-order valence-electron chi connectivity index (χ3n) is 5.87. The molecule has 0 aromatic carbocycles. The minimum absolute atomic E-state index is 0.197. The smallest absolute Gasteiger partial charge is 0.407 e. The van der Waals surface area contributed by atoms with Crippen molar-refractivity contribution in [3.63, 3.8) is 0 Å². The normalized spacial score (nSPS) is 22.6. The number of hydrogen-bond donors (Lipinski definition) is 1. The number of amides is 1. The van der Waals surface area contributed by atoms with Crippen molar-refractivity contribution in [2.75, 3.05) is 32.8 Å². The highest BCUT2D eigenvalue weighted by Gasteiger charge is 2.28. The number of thiophene rings is 1. The molecular formula is C23H34N4O4S. The molecule has 1 amide bonds. The fourth-order valence-electron chi connectivity index (χ4n) is 4.33. The SMILES string of the molecule is CC(C)(C)OC(=O)NCCc1cc2c(OC3CCC(N4CCOCC4)CC3)ncnc2s1. The fourth-order valence-corrected chi connectivity index (χ4v) is 5.32. The van der Waals surface area contributed by atoms with Gasteiger partial charge in [-0.2, -0.15) is 0 Å². The lowest BCUT2D eigenvalue weighted by Gasteiger charge is -2.38. The Kier molecular flexibility index (Phi) is 7.48. The zero-order valence-electron chi connectivity index (χ0n) is 19.3. The molecule has 0 unspecified atom stereocenters. The summed E-state index contributed by atoms with van der Waals surface area (Å²) in [6, 6.07) is 2.74. The topological polar surface area (TPSA) is 85.8 Å². The molecule has 8 nitrogen and oxygen atoms in total. The molecule has 2 aliphatic rings. The van der Waals surface area contributed by atoms with Crippen LogP contribution in [0.25, 0.3) is 10.2 Å². The first-order chi connectivity index (χ1) is 15.4. The van der Waals surface area contributed by atoms with E-state index in [-0.39, 0.29) is 6.10 Å². The summed E-state index contributed by atoms with van der Waals surface area (Å²) in [5.41, 5.74) is -0.495. The van der Waals surface area contributed by atoms with Crippen LogP contribution in [0.5, 0.6) is 5.88 Å². The van der Waals surface area contributed by atoms with E-state index in [1.165, 1.54) is 0 Å². The Bertz CT molecular complexity index is 899. The van der Waals surface area contributed by atoms with Gasteiger partial charge in [-0.15, -0.1) is 11.3 Å². The van der Waals surface area contributed by atoms with Gasteiger partial charge in [0, 0.05) is 30.6 Å². The van der Waals surface area contributed by atoms with E-state index in [9.17, 15) is 4.79 Å². The van der Waals surface area contributed by atoms with Crippen molar-refractivity contribution < 1.29 is 19.0 Å². The first-order valence-corrected chi connectivity index (χ1v) is 12.4. The van der Waals surface area contributed by atoms with E-state index in [4.69, 9.17) is 14.2 Å². The van der Waals surface area contributed by atoms with Crippen LogP contribution in [0, 0.1) is 0 Å². The van der Waals surface area contributed by atoms with Crippen molar-refractivity contribution in [2.45, 2.75) is 70.6 Å². The van der Waals surface area contributed by atoms with Crippen LogP contribution in [0.2, 0.25) is 0 Å². The number of carbonyl (C=O) groups is 1. The van der Waals surface area contributed by atoms with Gasteiger partial charge in [-0.1, -0.05) is 0 Å². The molecule has 1 saturated carbocycles. The maximum absolute atomic E-state index is 11.8. The van der Waals surface area contributed by atoms with Gasteiger partial charge in [0.2, 0.25) is 5.88 Å². The highest BCUT2D eigenvalue weighted by molar-refractivity contribution is 7.18. The molecule has 2 fully saturated rings. The summed E-state index contributed by atoms with van der Waals surface area (Å²) in [5.74, 6) is 0.674. The van der Waals surface area contributed by atoms with E-state index >= 15 is 0 Å². The molecule has 176 valence electrons. The minimum atomic E-state index is -0.495. The Labute approximate surface area is 193 Å². The van der Waals surface area contributed by atoms with Gasteiger partial charge in [-0.05, 0) is 58.9 Å². The number of carbonyl (C=O) groups excluding carboxylic acids is 1. The van der Waals surface area contributed by atoms with Gasteiger partial charge in [0.1, 0.15) is 22.9 Å². The van der Waals surface area contributed by atoms with Crippen LogP contribution in [0.3, 0.4) is 0 Å². The number of aromatic nitrogens is 2. The van der Waals surface area contributed by atoms with Crippen molar-refractivity contribution in [1.29, 1.82) is 0 Å². The molecule has 0 spiro atoms. The summed E-state index contributed by atoms with van der Waals surface area (Å²) in [7, 11) is 0. The van der Waals surface area contributed by atoms with Crippen LogP contribution >= 0.6 is 11.3 Å². The Morgan fingerprint density at radius 1 is 1.22 bits per heavy atom. The number of alkyl carbamates (subject to hydrolysis) is 1. The zero-order chi connectivity index (χ0) is 22.6. The molecule has 3 heterocycles. The van der Waals surface area contributed by atoms with E-state index in [2.05, 4.69) is 26.3 Å². The number of ether oxygens (including phenoxy) is 3. The molecule has 0 atom stereocenters. The summed E-state index contributed by atoms with van der Waals surface area (Å²) in [6.07, 6.45) is 6.50. The molecular weight excluding hydrogens is 428 g/mol. The molecule has 2 aromatic heterocycles. The second-order valence-electron chi connectivity index (χ2n) is 9.49. The van der Waals surface area contributed by atoms with Gasteiger partial charge in [-0.25, -0.2) is 14.8 Å². The van der Waals surface area contributed by atoms with Crippen LogP contribution in [0.4, 0.5) is 4.79 Å². The third-order valence-corrected chi connectivity index (χ3v) is 6.97. The van der Waals surface area contributed by atoms with Gasteiger partial charge >= 0.3 is 6.09 Å². The standard InChI is InChI=1S/C23H34N4O4S/c1-23(2,3)31-22(28)24-9-8-18-14-19-20(25-15-26-21(19)32-18)30-17-6-4-16(5-7-17)27-10-12-29-13-11-27/h14-17H,4-13H2,1-3H3,(H,24,28). The van der Waals surface area contributed by atoms with E-state index in [0.717, 1.165) is 67.1 Å². The first kappa shape index (κ1) is 23.2. The van der Waals surface area contributed by atoms with Crippen molar-refractivity contribution >= 4 is 27.6 Å². The highest BCUT2D eigenvalue weighted by atomic mass is 32.1. The Balaban J connectivity index is 1.30. The highest BCUT2D eigenvalue weighted by Crippen LogP contribution is 2.33. The number of nitrogens with zero attached hydrogens (tertiary/aromatic N) is 3. The second-order valence-corrected chi connectivity index (χ2v) is 10.6. The number of rotatable bonds is 6. The molecule has 0 radical (unpaired) electrons. The number of fused-ring (bicyclic) bond motifs is 1. The first-order valence-electron chi connectivity index (χ1n) is 11.6. The van der Waals surface area contributed by atoms with Gasteiger partial charge in [0.25, 0.3) is 0 Å². The maximum atomic E-state index is 11.8. The van der Waals surface area contributed by atoms with Crippen molar-refractivity contribution in [2.24, 2.45) is 0 Å². The minimum Gasteiger partial charge on any atom is -0.474 e. The lowest BCUT2D eigenvalue weighted by atomic mass is 9.91. The average Bonchev–Trinajstić information content (AvgIpc) is 3.18. The molecule has 1 aliphatic heterocycles. The molecule has 32 heavy (non-hydrogen) atoms. The number of hydrogen-bond acceptors (Lipinski definition) is 8. The number of morpholine rings is 1. The average molecular weight is 463 g/mol. The van der Waals surface area contributed by atoms with Crippen molar-refractivity contribution in [3.05, 3.63) is 17.3 Å². The summed E-state index contributed by atoms with van der Waals surface area (Å²) in [4.78, 5) is 25.3. The van der Waals surface area contributed by atoms with Gasteiger partial charge in [0.15, 0.2) is 0 Å². The van der Waals surface area contributed by atoms with Crippen molar-refractivity contribution in [1.82, 2.24) is 20.2 Å². The second kappa shape index (κ2) is 10.3. The summed E-state index contributed by atoms with van der Waals surface area (Å²) in [5, 5.41) is 3.77. The van der Waals surface area contributed by atoms with Crippen LogP contribution < -0.4 is 10.1 Å². The maximum Gasteiger partial charge on any atom is 0.407 e. The van der Waals surface area contributed by atoms with Crippen molar-refractivity contribution in [3.8, 4) is 5.88 Å². The largest absolute Gasteiger partial charge is 0.474 e. The molecule has 1 N–H and O–H groups in total. The summed E-state index contributed by atoms with van der Waals surface area (Å²) < 4.78 is 17.1. The molecule has 4 rings (SSSR count). The molecule has 0 bridgehead atoms. The quantitative estimate of drug-likeness (QED) is 0.699. The Morgan fingerprint density at radius 2 is 1.97 bits per heavy atom. The Morgan fingerprint density at radius 3 is 2.69 bits per heavy atom. The predicted molar refractivity (Wildman–Crippen MR) is 124 cm³/mol. The van der Waals surface area contributed by atoms with Gasteiger partial charge in [-0.3, -0.25) is 4.90 Å². The van der Waals surface area contributed by atoms with Gasteiger partial charge < -0.3 is 19.5 Å². The fraction of sp³-hybridized carbons (Fsp3) is 0.696. The van der Waals surface area contributed by atoms with Crippen LogP contribution in [-0.4, -0.2) is 71.6 Å². The van der Waals surface area contributed by atoms with E-state index in [1.807, 2.05) is 20.8 Å². The zero-order valence-corrected chi connectivity index (χ0v) is 20.1.